The molecule has 0 spiro atoms. The van der Waals surface area contributed by atoms with Crippen molar-refractivity contribution >= 4 is 11.7 Å². The number of methoxy groups -OCH3 is 1. The van der Waals surface area contributed by atoms with Crippen molar-refractivity contribution < 1.29 is 19.1 Å². The summed E-state index contributed by atoms with van der Waals surface area (Å²) in [5.41, 5.74) is 2.25. The van der Waals surface area contributed by atoms with Gasteiger partial charge < -0.3 is 19.7 Å². The smallest absolute Gasteiger partial charge is 0.258 e. The fraction of sp³-hybridized carbons (Fsp3) is 0.231. The summed E-state index contributed by atoms with van der Waals surface area (Å²) in [4.78, 5) is 26.8. The summed E-state index contributed by atoms with van der Waals surface area (Å²) >= 11 is 0. The van der Waals surface area contributed by atoms with Gasteiger partial charge in [0, 0.05) is 17.7 Å². The molecule has 3 aromatic rings. The van der Waals surface area contributed by atoms with E-state index in [2.05, 4.69) is 5.32 Å². The lowest BCUT2D eigenvalue weighted by atomic mass is 10.0. The Hall–Kier alpha value is -3.64. The normalized spacial score (nSPS) is 11.6. The highest BCUT2D eigenvalue weighted by atomic mass is 16.5. The molecule has 1 amide bonds. The standard InChI is InChI=1S/C26H28N2O4/c1-28(2)24(21-10-7-11-23(16-21)31-3)17-27-25(29)18-32-22-14-12-20(13-15-22)26(30)19-8-5-4-6-9-19/h4-16,24H,17-18H2,1-3H3,(H,27,29). The Morgan fingerprint density at radius 1 is 0.875 bits per heavy atom. The Bertz CT molecular complexity index is 1030. The summed E-state index contributed by atoms with van der Waals surface area (Å²) in [5.74, 6) is 1.03. The molecule has 0 bridgehead atoms. The predicted molar refractivity (Wildman–Crippen MR) is 124 cm³/mol. The van der Waals surface area contributed by atoms with Crippen LogP contribution in [-0.4, -0.2) is 50.9 Å². The third kappa shape index (κ3) is 6.18. The number of nitrogens with zero attached hydrogens (tertiary/aromatic N) is 1. The SMILES string of the molecule is COc1cccc(C(CNC(=O)COc2ccc(C(=O)c3ccccc3)cc2)N(C)C)c1. The van der Waals surface area contributed by atoms with Crippen LogP contribution in [-0.2, 0) is 4.79 Å². The van der Waals surface area contributed by atoms with E-state index in [1.165, 1.54) is 0 Å². The number of rotatable bonds is 10. The van der Waals surface area contributed by atoms with Gasteiger partial charge in [-0.3, -0.25) is 9.59 Å². The number of carbonyl (C=O) groups is 2. The minimum atomic E-state index is -0.218. The number of amides is 1. The van der Waals surface area contributed by atoms with Gasteiger partial charge in [-0.2, -0.15) is 0 Å². The van der Waals surface area contributed by atoms with Gasteiger partial charge in [-0.25, -0.2) is 0 Å². The lowest BCUT2D eigenvalue weighted by molar-refractivity contribution is -0.123. The maximum absolute atomic E-state index is 12.5. The lowest BCUT2D eigenvalue weighted by Crippen LogP contribution is -2.36. The highest BCUT2D eigenvalue weighted by molar-refractivity contribution is 6.08. The minimum Gasteiger partial charge on any atom is -0.497 e. The van der Waals surface area contributed by atoms with Crippen LogP contribution in [0, 0.1) is 0 Å². The van der Waals surface area contributed by atoms with Crippen molar-refractivity contribution in [3.8, 4) is 11.5 Å². The van der Waals surface area contributed by atoms with E-state index >= 15 is 0 Å². The maximum atomic E-state index is 12.5. The van der Waals surface area contributed by atoms with Gasteiger partial charge in [0.1, 0.15) is 11.5 Å². The van der Waals surface area contributed by atoms with E-state index in [9.17, 15) is 9.59 Å². The third-order valence-corrected chi connectivity index (χ3v) is 5.12. The van der Waals surface area contributed by atoms with Crippen molar-refractivity contribution in [1.82, 2.24) is 10.2 Å². The number of nitrogens with one attached hydrogen (secondary N) is 1. The fourth-order valence-corrected chi connectivity index (χ4v) is 3.32. The van der Waals surface area contributed by atoms with E-state index in [4.69, 9.17) is 9.47 Å². The Morgan fingerprint density at radius 2 is 1.56 bits per heavy atom. The van der Waals surface area contributed by atoms with E-state index in [-0.39, 0.29) is 24.3 Å². The van der Waals surface area contributed by atoms with Crippen LogP contribution in [0.5, 0.6) is 11.5 Å². The number of carbonyl (C=O) groups excluding carboxylic acids is 2. The zero-order chi connectivity index (χ0) is 22.9. The van der Waals surface area contributed by atoms with Crippen LogP contribution in [0.2, 0.25) is 0 Å². The molecule has 0 saturated heterocycles. The molecule has 3 rings (SSSR count). The van der Waals surface area contributed by atoms with Gasteiger partial charge in [0.15, 0.2) is 12.4 Å². The average Bonchev–Trinajstić information content (AvgIpc) is 2.83. The van der Waals surface area contributed by atoms with Crippen molar-refractivity contribution in [3.05, 3.63) is 95.6 Å². The molecule has 0 aliphatic heterocycles. The monoisotopic (exact) mass is 432 g/mol. The van der Waals surface area contributed by atoms with Crippen LogP contribution in [0.25, 0.3) is 0 Å². The molecule has 0 aliphatic carbocycles. The second kappa shape index (κ2) is 11.1. The molecule has 6 nitrogen and oxygen atoms in total. The molecule has 1 N–H and O–H groups in total. The van der Waals surface area contributed by atoms with Crippen molar-refractivity contribution in [2.45, 2.75) is 6.04 Å². The molecule has 1 atom stereocenters. The number of hydrogen-bond donors (Lipinski definition) is 1. The molecule has 32 heavy (non-hydrogen) atoms. The molecule has 0 saturated carbocycles. The van der Waals surface area contributed by atoms with E-state index in [1.807, 2.05) is 61.5 Å². The van der Waals surface area contributed by atoms with Gasteiger partial charge in [-0.1, -0.05) is 42.5 Å². The first kappa shape index (κ1) is 23.0. The second-order valence-corrected chi connectivity index (χ2v) is 7.57. The highest BCUT2D eigenvalue weighted by Gasteiger charge is 2.16. The van der Waals surface area contributed by atoms with Gasteiger partial charge in [0.25, 0.3) is 5.91 Å². The fourth-order valence-electron chi connectivity index (χ4n) is 3.32. The van der Waals surface area contributed by atoms with Gasteiger partial charge in [-0.05, 0) is 56.1 Å². The summed E-state index contributed by atoms with van der Waals surface area (Å²) in [7, 11) is 5.56. The number of benzene rings is 3. The molecule has 0 fully saturated rings. The van der Waals surface area contributed by atoms with Gasteiger partial charge in [0.05, 0.1) is 13.2 Å². The van der Waals surface area contributed by atoms with Crippen LogP contribution >= 0.6 is 0 Å². The Kier molecular flexibility index (Phi) is 8.00. The summed E-state index contributed by atoms with van der Waals surface area (Å²) in [5, 5.41) is 2.92. The van der Waals surface area contributed by atoms with Crippen molar-refractivity contribution in [3.63, 3.8) is 0 Å². The highest BCUT2D eigenvalue weighted by Crippen LogP contribution is 2.22. The lowest BCUT2D eigenvalue weighted by Gasteiger charge is -2.25. The van der Waals surface area contributed by atoms with Crippen molar-refractivity contribution in [1.29, 1.82) is 0 Å². The molecule has 6 heteroatoms. The molecule has 1 unspecified atom stereocenters. The number of hydrogen-bond acceptors (Lipinski definition) is 5. The van der Waals surface area contributed by atoms with E-state index in [1.54, 1.807) is 43.5 Å². The van der Waals surface area contributed by atoms with E-state index < -0.39 is 0 Å². The number of ether oxygens (including phenoxy) is 2. The zero-order valence-electron chi connectivity index (χ0n) is 18.6. The summed E-state index contributed by atoms with van der Waals surface area (Å²) < 4.78 is 10.9. The van der Waals surface area contributed by atoms with Crippen LogP contribution in [0.4, 0.5) is 0 Å². The number of ketones is 1. The first-order valence-corrected chi connectivity index (χ1v) is 10.4. The molecular formula is C26H28N2O4. The van der Waals surface area contributed by atoms with Crippen LogP contribution in [0.3, 0.4) is 0 Å². The predicted octanol–water partition coefficient (Wildman–Crippen LogP) is 3.72. The van der Waals surface area contributed by atoms with Crippen LogP contribution < -0.4 is 14.8 Å². The van der Waals surface area contributed by atoms with Crippen molar-refractivity contribution in [2.24, 2.45) is 0 Å². The summed E-state index contributed by atoms with van der Waals surface area (Å²) in [6.45, 7) is 0.330. The van der Waals surface area contributed by atoms with E-state index in [0.717, 1.165) is 11.3 Å². The molecule has 0 aromatic heterocycles. The summed E-state index contributed by atoms with van der Waals surface area (Å²) in [6.07, 6.45) is 0. The first-order chi connectivity index (χ1) is 15.5. The largest absolute Gasteiger partial charge is 0.497 e. The maximum Gasteiger partial charge on any atom is 0.258 e. The molecular weight excluding hydrogens is 404 g/mol. The molecule has 0 radical (unpaired) electrons. The topological polar surface area (TPSA) is 67.9 Å². The molecule has 0 heterocycles. The Balaban J connectivity index is 1.52. The Labute approximate surface area is 188 Å². The van der Waals surface area contributed by atoms with Gasteiger partial charge in [-0.15, -0.1) is 0 Å². The average molecular weight is 433 g/mol. The van der Waals surface area contributed by atoms with Gasteiger partial charge in [0.2, 0.25) is 0 Å². The molecule has 0 aliphatic rings. The van der Waals surface area contributed by atoms with Crippen molar-refractivity contribution in [2.75, 3.05) is 34.4 Å². The first-order valence-electron chi connectivity index (χ1n) is 10.4. The Morgan fingerprint density at radius 3 is 2.22 bits per heavy atom. The summed E-state index contributed by atoms with van der Waals surface area (Å²) in [6, 6.07) is 23.7. The minimum absolute atomic E-state index is 0.00247. The van der Waals surface area contributed by atoms with Crippen LogP contribution in [0.1, 0.15) is 27.5 Å². The number of likely N-dealkylation sites (N-methyl/N-ethyl adjacent to an activating group) is 1. The van der Waals surface area contributed by atoms with E-state index in [0.29, 0.717) is 23.4 Å². The van der Waals surface area contributed by atoms with Gasteiger partial charge >= 0.3 is 0 Å². The van der Waals surface area contributed by atoms with Crippen LogP contribution in [0.15, 0.2) is 78.9 Å². The molecule has 166 valence electrons. The second-order valence-electron chi connectivity index (χ2n) is 7.57. The zero-order valence-corrected chi connectivity index (χ0v) is 18.6. The molecule has 3 aromatic carbocycles. The third-order valence-electron chi connectivity index (χ3n) is 5.12. The quantitative estimate of drug-likeness (QED) is 0.495.